The van der Waals surface area contributed by atoms with E-state index in [1.54, 1.807) is 11.5 Å². The van der Waals surface area contributed by atoms with Crippen LogP contribution in [0.1, 0.15) is 67.4 Å². The monoisotopic (exact) mass is 665 g/mol. The molecule has 0 unspecified atom stereocenters. The summed E-state index contributed by atoms with van der Waals surface area (Å²) in [6.07, 6.45) is 1.87. The van der Waals surface area contributed by atoms with Crippen LogP contribution in [-0.4, -0.2) is 34.8 Å². The minimum absolute atomic E-state index is 0.187. The molecule has 2 aromatic carbocycles. The fourth-order valence-electron chi connectivity index (χ4n) is 6.00. The van der Waals surface area contributed by atoms with E-state index in [1.807, 2.05) is 106 Å². The molecule has 1 atom stereocenters. The highest BCUT2D eigenvalue weighted by Gasteiger charge is 2.35. The molecule has 6 rings (SSSR count). The summed E-state index contributed by atoms with van der Waals surface area (Å²) in [6.45, 7) is 11.8. The summed E-state index contributed by atoms with van der Waals surface area (Å²) in [6, 6.07) is 18.6. The summed E-state index contributed by atoms with van der Waals surface area (Å²) < 4.78 is 14.8. The van der Waals surface area contributed by atoms with Gasteiger partial charge in [0.15, 0.2) is 4.80 Å². The number of rotatable bonds is 7. The molecule has 0 amide bonds. The van der Waals surface area contributed by atoms with E-state index < -0.39 is 12.0 Å². The van der Waals surface area contributed by atoms with Crippen LogP contribution in [0.4, 0.5) is 0 Å². The molecule has 5 aromatic rings. The minimum atomic E-state index is -0.740. The van der Waals surface area contributed by atoms with Crippen LogP contribution in [0.5, 0.6) is 0 Å². The molecule has 0 bridgehead atoms. The number of thiophene rings is 1. The van der Waals surface area contributed by atoms with E-state index in [-0.39, 0.29) is 18.1 Å². The second kappa shape index (κ2) is 12.8. The summed E-state index contributed by atoms with van der Waals surface area (Å²) in [5.41, 5.74) is 7.23. The van der Waals surface area contributed by atoms with E-state index in [0.29, 0.717) is 26.2 Å². The van der Waals surface area contributed by atoms with Crippen molar-refractivity contribution in [3.8, 4) is 5.00 Å². The first-order valence-electron chi connectivity index (χ1n) is 15.3. The van der Waals surface area contributed by atoms with E-state index in [9.17, 15) is 14.4 Å². The SMILES string of the molecule is CCOC(=O)C1=C(c2ccccc2)N=c2s/c(=C\c3cc(C)n(-c4sc(C)c(C)c4C(=O)OC)c3C)c(=O)n2[C@@H]1c1ccc(C)cc1. The molecule has 4 heterocycles. The van der Waals surface area contributed by atoms with Crippen molar-refractivity contribution in [1.82, 2.24) is 9.13 Å². The lowest BCUT2D eigenvalue weighted by Gasteiger charge is -2.26. The summed E-state index contributed by atoms with van der Waals surface area (Å²) in [5, 5.41) is 0.786. The van der Waals surface area contributed by atoms with Crippen LogP contribution < -0.4 is 14.9 Å². The van der Waals surface area contributed by atoms with Crippen LogP contribution in [0.15, 0.2) is 76.0 Å². The van der Waals surface area contributed by atoms with Gasteiger partial charge < -0.3 is 14.0 Å². The van der Waals surface area contributed by atoms with E-state index >= 15 is 0 Å². The maximum Gasteiger partial charge on any atom is 0.341 e. The molecule has 8 nitrogen and oxygen atoms in total. The average Bonchev–Trinajstić information content (AvgIpc) is 3.64. The fourth-order valence-corrected chi connectivity index (χ4v) is 8.25. The zero-order valence-electron chi connectivity index (χ0n) is 27.3. The highest BCUT2D eigenvalue weighted by atomic mass is 32.1. The van der Waals surface area contributed by atoms with Gasteiger partial charge in [0.1, 0.15) is 5.00 Å². The molecule has 10 heteroatoms. The highest BCUT2D eigenvalue weighted by molar-refractivity contribution is 7.15. The van der Waals surface area contributed by atoms with E-state index in [4.69, 9.17) is 14.5 Å². The highest BCUT2D eigenvalue weighted by Crippen LogP contribution is 2.36. The van der Waals surface area contributed by atoms with Crippen LogP contribution >= 0.6 is 22.7 Å². The molecule has 1 aliphatic rings. The average molecular weight is 666 g/mol. The number of carbonyl (C=O) groups excluding carboxylic acids is 2. The smallest absolute Gasteiger partial charge is 0.341 e. The van der Waals surface area contributed by atoms with Crippen molar-refractivity contribution >= 4 is 46.4 Å². The number of thiazole rings is 1. The fraction of sp³-hybridized carbons (Fsp3) is 0.243. The topological polar surface area (TPSA) is 91.9 Å². The molecule has 0 radical (unpaired) electrons. The number of benzene rings is 2. The van der Waals surface area contributed by atoms with Gasteiger partial charge in [-0.05, 0) is 70.4 Å². The zero-order chi connectivity index (χ0) is 33.6. The van der Waals surface area contributed by atoms with Gasteiger partial charge in [0.05, 0.1) is 41.1 Å². The number of hydrogen-bond acceptors (Lipinski definition) is 8. The van der Waals surface area contributed by atoms with E-state index in [2.05, 4.69) is 0 Å². The number of carbonyl (C=O) groups is 2. The van der Waals surface area contributed by atoms with Gasteiger partial charge in [-0.25, -0.2) is 14.6 Å². The van der Waals surface area contributed by atoms with Crippen molar-refractivity contribution in [2.75, 3.05) is 13.7 Å². The van der Waals surface area contributed by atoms with Crippen molar-refractivity contribution in [3.05, 3.63) is 136 Å². The van der Waals surface area contributed by atoms with Gasteiger partial charge in [-0.1, -0.05) is 71.5 Å². The van der Waals surface area contributed by atoms with E-state index in [1.165, 1.54) is 29.8 Å². The second-order valence-electron chi connectivity index (χ2n) is 11.5. The van der Waals surface area contributed by atoms with Gasteiger partial charge >= 0.3 is 11.9 Å². The van der Waals surface area contributed by atoms with Gasteiger partial charge in [-0.3, -0.25) is 9.36 Å². The number of aromatic nitrogens is 2. The molecule has 1 aliphatic heterocycles. The summed E-state index contributed by atoms with van der Waals surface area (Å²) in [4.78, 5) is 47.4. The first-order chi connectivity index (χ1) is 22.5. The van der Waals surface area contributed by atoms with Crippen molar-refractivity contribution < 1.29 is 19.1 Å². The largest absolute Gasteiger partial charge is 0.465 e. The lowest BCUT2D eigenvalue weighted by atomic mass is 9.92. The Morgan fingerprint density at radius 1 is 0.957 bits per heavy atom. The van der Waals surface area contributed by atoms with Crippen LogP contribution in [0.3, 0.4) is 0 Å². The summed E-state index contributed by atoms with van der Waals surface area (Å²) in [7, 11) is 1.39. The van der Waals surface area contributed by atoms with Gasteiger partial charge in [0.2, 0.25) is 0 Å². The second-order valence-corrected chi connectivity index (χ2v) is 13.7. The van der Waals surface area contributed by atoms with Crippen molar-refractivity contribution in [2.45, 2.75) is 47.6 Å². The molecule has 0 saturated heterocycles. The number of hydrogen-bond donors (Lipinski definition) is 0. The Morgan fingerprint density at radius 2 is 1.66 bits per heavy atom. The van der Waals surface area contributed by atoms with Gasteiger partial charge in [-0.15, -0.1) is 11.3 Å². The van der Waals surface area contributed by atoms with E-state index in [0.717, 1.165) is 49.1 Å². The quantitative estimate of drug-likeness (QED) is 0.196. The maximum absolute atomic E-state index is 14.4. The Kier molecular flexibility index (Phi) is 8.74. The summed E-state index contributed by atoms with van der Waals surface area (Å²) >= 11 is 2.82. The third-order valence-electron chi connectivity index (χ3n) is 8.48. The number of nitrogens with zero attached hydrogens (tertiary/aromatic N) is 3. The van der Waals surface area contributed by atoms with Crippen LogP contribution in [-0.2, 0) is 14.3 Å². The Balaban J connectivity index is 1.59. The molecule has 0 fully saturated rings. The zero-order valence-corrected chi connectivity index (χ0v) is 29.0. The number of fused-ring (bicyclic) bond motifs is 1. The van der Waals surface area contributed by atoms with Gasteiger partial charge in [-0.2, -0.15) is 0 Å². The molecule has 0 aliphatic carbocycles. The van der Waals surface area contributed by atoms with Crippen molar-refractivity contribution in [1.29, 1.82) is 0 Å². The number of ether oxygens (including phenoxy) is 2. The number of esters is 2. The predicted molar refractivity (Wildman–Crippen MR) is 186 cm³/mol. The Bertz CT molecular complexity index is 2250. The normalized spacial score (nSPS) is 14.6. The van der Waals surface area contributed by atoms with Crippen LogP contribution in [0, 0.1) is 34.6 Å². The molecule has 47 heavy (non-hydrogen) atoms. The minimum Gasteiger partial charge on any atom is -0.465 e. The molecule has 0 saturated carbocycles. The molecule has 3 aromatic heterocycles. The third-order valence-corrected chi connectivity index (χ3v) is 10.7. The molecule has 0 spiro atoms. The van der Waals surface area contributed by atoms with Crippen LogP contribution in [0.2, 0.25) is 0 Å². The first kappa shape index (κ1) is 32.2. The Labute approximate surface area is 280 Å². The first-order valence-corrected chi connectivity index (χ1v) is 16.9. The van der Waals surface area contributed by atoms with Crippen molar-refractivity contribution in [3.63, 3.8) is 0 Å². The molecule has 0 N–H and O–H groups in total. The maximum atomic E-state index is 14.4. The van der Waals surface area contributed by atoms with Gasteiger partial charge in [0.25, 0.3) is 5.56 Å². The third kappa shape index (κ3) is 5.61. The summed E-state index contributed by atoms with van der Waals surface area (Å²) in [5.74, 6) is -0.895. The molecular weight excluding hydrogens is 631 g/mol. The van der Waals surface area contributed by atoms with Gasteiger partial charge in [0, 0.05) is 21.8 Å². The standard InChI is InChI=1S/C37H35N3O5S2/c1-8-45-36(43)30-31(25-12-10-9-11-13-25)38-37-40(32(30)26-16-14-20(2)15-17-26)33(41)28(47-37)19-27-18-21(3)39(23(27)5)34-29(35(42)44-7)22(4)24(6)46-34/h9-19,32H,8H2,1-7H3/b28-19-/t32-/m1/s1. The number of methoxy groups -OCH3 is 1. The Morgan fingerprint density at radius 3 is 2.32 bits per heavy atom. The lowest BCUT2D eigenvalue weighted by Crippen LogP contribution is -2.40. The predicted octanol–water partition coefficient (Wildman–Crippen LogP) is 6.12. The lowest BCUT2D eigenvalue weighted by molar-refractivity contribution is -0.138. The van der Waals surface area contributed by atoms with Crippen LogP contribution in [0.25, 0.3) is 16.8 Å². The van der Waals surface area contributed by atoms with Crippen molar-refractivity contribution in [2.24, 2.45) is 4.99 Å². The molecular formula is C37H35N3O5S2. The Hall–Kier alpha value is -4.80. The molecule has 240 valence electrons. The number of aryl methyl sites for hydroxylation is 3.